The molecule has 0 bridgehead atoms. The van der Waals surface area contributed by atoms with E-state index in [1.807, 2.05) is 30.3 Å². The largest absolute Gasteiger partial charge is 0.468 e. The standard InChI is InChI=1S/C17H17N3O3S/c1-13(16-9-6-10-23-16)20(2)24(21,22)15-11-18-17(19-12-15)14-7-4-3-5-8-14/h3-13H,1-2H3. The maximum Gasteiger partial charge on any atom is 0.246 e. The van der Waals surface area contributed by atoms with Crippen molar-refractivity contribution in [2.45, 2.75) is 17.9 Å². The van der Waals surface area contributed by atoms with E-state index in [4.69, 9.17) is 4.42 Å². The summed E-state index contributed by atoms with van der Waals surface area (Å²) in [5, 5.41) is 0. The third-order valence-corrected chi connectivity index (χ3v) is 5.72. The molecular weight excluding hydrogens is 326 g/mol. The highest BCUT2D eigenvalue weighted by atomic mass is 32.2. The van der Waals surface area contributed by atoms with E-state index in [-0.39, 0.29) is 4.90 Å². The number of hydrogen-bond acceptors (Lipinski definition) is 5. The summed E-state index contributed by atoms with van der Waals surface area (Å²) in [6.07, 6.45) is 4.18. The van der Waals surface area contributed by atoms with E-state index in [2.05, 4.69) is 9.97 Å². The Bertz CT molecular complexity index is 892. The molecule has 3 aromatic rings. The van der Waals surface area contributed by atoms with E-state index in [9.17, 15) is 8.42 Å². The lowest BCUT2D eigenvalue weighted by atomic mass is 10.2. The quantitative estimate of drug-likeness (QED) is 0.711. The van der Waals surface area contributed by atoms with Gasteiger partial charge in [0.05, 0.1) is 24.7 Å². The fourth-order valence-electron chi connectivity index (χ4n) is 2.27. The van der Waals surface area contributed by atoms with Crippen LogP contribution in [0.4, 0.5) is 0 Å². The van der Waals surface area contributed by atoms with Crippen LogP contribution in [0.25, 0.3) is 11.4 Å². The second-order valence-corrected chi connectivity index (χ2v) is 7.32. The number of hydrogen-bond donors (Lipinski definition) is 0. The molecule has 0 fully saturated rings. The van der Waals surface area contributed by atoms with E-state index in [0.29, 0.717) is 11.6 Å². The molecule has 0 N–H and O–H groups in total. The van der Waals surface area contributed by atoms with Gasteiger partial charge in [0, 0.05) is 12.6 Å². The van der Waals surface area contributed by atoms with Gasteiger partial charge in [-0.05, 0) is 19.1 Å². The first-order valence-electron chi connectivity index (χ1n) is 7.39. The molecule has 6 nitrogen and oxygen atoms in total. The van der Waals surface area contributed by atoms with Crippen LogP contribution in [0.2, 0.25) is 0 Å². The molecule has 3 rings (SSSR count). The van der Waals surface area contributed by atoms with E-state index < -0.39 is 16.1 Å². The van der Waals surface area contributed by atoms with Crippen LogP contribution in [0, 0.1) is 0 Å². The zero-order valence-electron chi connectivity index (χ0n) is 13.3. The molecular formula is C17H17N3O3S. The summed E-state index contributed by atoms with van der Waals surface area (Å²) in [7, 11) is -2.21. The van der Waals surface area contributed by atoms with Crippen molar-refractivity contribution in [3.8, 4) is 11.4 Å². The zero-order chi connectivity index (χ0) is 17.2. The molecule has 0 aliphatic carbocycles. The van der Waals surface area contributed by atoms with Gasteiger partial charge in [-0.3, -0.25) is 0 Å². The van der Waals surface area contributed by atoms with Gasteiger partial charge in [0.15, 0.2) is 5.82 Å². The van der Waals surface area contributed by atoms with Crippen LogP contribution < -0.4 is 0 Å². The number of rotatable bonds is 5. The van der Waals surface area contributed by atoms with Crippen LogP contribution in [-0.4, -0.2) is 29.7 Å². The normalized spacial score (nSPS) is 13.1. The summed E-state index contributed by atoms with van der Waals surface area (Å²) in [6.45, 7) is 1.76. The molecule has 24 heavy (non-hydrogen) atoms. The van der Waals surface area contributed by atoms with Gasteiger partial charge in [-0.15, -0.1) is 0 Å². The third-order valence-electron chi connectivity index (χ3n) is 3.84. The molecule has 0 amide bonds. The molecule has 1 aromatic carbocycles. The molecule has 0 radical (unpaired) electrons. The zero-order valence-corrected chi connectivity index (χ0v) is 14.1. The van der Waals surface area contributed by atoms with Crippen molar-refractivity contribution in [1.29, 1.82) is 0 Å². The summed E-state index contributed by atoms with van der Waals surface area (Å²) in [5.41, 5.74) is 0.832. The van der Waals surface area contributed by atoms with Gasteiger partial charge in [-0.25, -0.2) is 18.4 Å². The Morgan fingerprint density at radius 2 is 1.71 bits per heavy atom. The lowest BCUT2D eigenvalue weighted by Gasteiger charge is -2.22. The van der Waals surface area contributed by atoms with Gasteiger partial charge in [0.25, 0.3) is 0 Å². The van der Waals surface area contributed by atoms with Gasteiger partial charge < -0.3 is 4.42 Å². The van der Waals surface area contributed by atoms with Gasteiger partial charge >= 0.3 is 0 Å². The van der Waals surface area contributed by atoms with E-state index in [1.54, 1.807) is 19.1 Å². The van der Waals surface area contributed by atoms with E-state index in [1.165, 1.54) is 30.0 Å². The van der Waals surface area contributed by atoms with Crippen molar-refractivity contribution >= 4 is 10.0 Å². The molecule has 1 unspecified atom stereocenters. The van der Waals surface area contributed by atoms with Crippen LogP contribution in [0.3, 0.4) is 0 Å². The monoisotopic (exact) mass is 343 g/mol. The van der Waals surface area contributed by atoms with Crippen molar-refractivity contribution in [3.63, 3.8) is 0 Å². The van der Waals surface area contributed by atoms with Crippen molar-refractivity contribution in [3.05, 3.63) is 66.9 Å². The predicted octanol–water partition coefficient (Wildman–Crippen LogP) is 3.12. The summed E-state index contributed by atoms with van der Waals surface area (Å²) < 4.78 is 32.0. The van der Waals surface area contributed by atoms with Crippen molar-refractivity contribution in [2.24, 2.45) is 0 Å². The Morgan fingerprint density at radius 3 is 2.29 bits per heavy atom. The number of nitrogens with zero attached hydrogens (tertiary/aromatic N) is 3. The Hall–Kier alpha value is -2.51. The minimum atomic E-state index is -3.71. The Balaban J connectivity index is 1.87. The van der Waals surface area contributed by atoms with Gasteiger partial charge in [-0.1, -0.05) is 30.3 Å². The average Bonchev–Trinajstić information content (AvgIpc) is 3.16. The van der Waals surface area contributed by atoms with Crippen molar-refractivity contribution in [2.75, 3.05) is 7.05 Å². The third kappa shape index (κ3) is 3.08. The second kappa shape index (κ2) is 6.54. The van der Waals surface area contributed by atoms with Crippen LogP contribution in [0.1, 0.15) is 18.7 Å². The van der Waals surface area contributed by atoms with Gasteiger partial charge in [-0.2, -0.15) is 4.31 Å². The number of aromatic nitrogens is 2. The highest BCUT2D eigenvalue weighted by Gasteiger charge is 2.28. The van der Waals surface area contributed by atoms with Crippen LogP contribution in [0.5, 0.6) is 0 Å². The smallest absolute Gasteiger partial charge is 0.246 e. The summed E-state index contributed by atoms with van der Waals surface area (Å²) in [6, 6.07) is 12.4. The minimum Gasteiger partial charge on any atom is -0.468 e. The lowest BCUT2D eigenvalue weighted by molar-refractivity contribution is 0.339. The molecule has 0 aliphatic heterocycles. The van der Waals surface area contributed by atoms with Gasteiger partial charge in [0.1, 0.15) is 10.7 Å². The first-order valence-corrected chi connectivity index (χ1v) is 8.83. The van der Waals surface area contributed by atoms with Gasteiger partial charge in [0.2, 0.25) is 10.0 Å². The fraction of sp³-hybridized carbons (Fsp3) is 0.176. The molecule has 124 valence electrons. The second-order valence-electron chi connectivity index (χ2n) is 5.32. The summed E-state index contributed by atoms with van der Waals surface area (Å²) in [5.74, 6) is 1.05. The molecule has 7 heteroatoms. The first kappa shape index (κ1) is 16.4. The fourth-order valence-corrected chi connectivity index (χ4v) is 3.49. The van der Waals surface area contributed by atoms with Crippen molar-refractivity contribution in [1.82, 2.24) is 14.3 Å². The molecule has 0 saturated carbocycles. The lowest BCUT2D eigenvalue weighted by Crippen LogP contribution is -2.29. The Labute approximate surface area is 140 Å². The molecule has 0 aliphatic rings. The first-order chi connectivity index (χ1) is 11.5. The maximum atomic E-state index is 12.7. The number of benzene rings is 1. The molecule has 2 heterocycles. The molecule has 0 spiro atoms. The Morgan fingerprint density at radius 1 is 1.04 bits per heavy atom. The maximum absolute atomic E-state index is 12.7. The minimum absolute atomic E-state index is 0.0445. The van der Waals surface area contributed by atoms with E-state index in [0.717, 1.165) is 5.56 Å². The molecule has 2 aromatic heterocycles. The highest BCUT2D eigenvalue weighted by Crippen LogP contribution is 2.25. The predicted molar refractivity (Wildman–Crippen MR) is 89.5 cm³/mol. The van der Waals surface area contributed by atoms with E-state index >= 15 is 0 Å². The molecule has 1 atom stereocenters. The Kier molecular flexibility index (Phi) is 4.46. The topological polar surface area (TPSA) is 76.3 Å². The molecule has 0 saturated heterocycles. The average molecular weight is 343 g/mol. The number of furan rings is 1. The van der Waals surface area contributed by atoms with Crippen molar-refractivity contribution < 1.29 is 12.8 Å². The summed E-state index contributed by atoms with van der Waals surface area (Å²) >= 11 is 0. The SMILES string of the molecule is CC(c1ccco1)N(C)S(=O)(=O)c1cnc(-c2ccccc2)nc1. The van der Waals surface area contributed by atoms with Crippen LogP contribution in [-0.2, 0) is 10.0 Å². The van der Waals surface area contributed by atoms with Crippen LogP contribution in [0.15, 0.2) is 70.4 Å². The van der Waals surface area contributed by atoms with Crippen LogP contribution >= 0.6 is 0 Å². The summed E-state index contributed by atoms with van der Waals surface area (Å²) in [4.78, 5) is 8.40. The highest BCUT2D eigenvalue weighted by molar-refractivity contribution is 7.89. The number of sulfonamides is 1.